The molecule has 1 amide bonds. The summed E-state index contributed by atoms with van der Waals surface area (Å²) in [4.78, 5) is 30.5. The Morgan fingerprint density at radius 3 is 2.54 bits per heavy atom. The van der Waals surface area contributed by atoms with Crippen molar-refractivity contribution in [3.8, 4) is 5.75 Å². The minimum absolute atomic E-state index is 0.00509. The van der Waals surface area contributed by atoms with E-state index in [0.717, 1.165) is 13.1 Å². The topological polar surface area (TPSA) is 83.2 Å². The van der Waals surface area contributed by atoms with E-state index in [1.165, 1.54) is 12.0 Å². The van der Waals surface area contributed by atoms with E-state index in [4.69, 9.17) is 32.4 Å². The number of carbonyl (C=O) groups excluding carboxylic acids is 2. The molecule has 7 nitrogen and oxygen atoms in total. The molecule has 2 heterocycles. The minimum atomic E-state index is -0.851. The van der Waals surface area contributed by atoms with Gasteiger partial charge in [0.25, 0.3) is 5.91 Å². The molecule has 0 saturated carbocycles. The maximum absolute atomic E-state index is 13.7. The molecule has 1 N–H and O–H groups in total. The average Bonchev–Trinajstić information content (AvgIpc) is 3.40. The highest BCUT2D eigenvalue weighted by atomic mass is 35.5. The van der Waals surface area contributed by atoms with Crippen molar-refractivity contribution < 1.29 is 23.8 Å². The molecule has 3 aromatic rings. The van der Waals surface area contributed by atoms with Crippen molar-refractivity contribution in [2.45, 2.75) is 19.9 Å². The fourth-order valence-corrected chi connectivity index (χ4v) is 4.68. The van der Waals surface area contributed by atoms with Crippen LogP contribution in [0.2, 0.25) is 10.0 Å². The number of ketones is 1. The number of aliphatic hydroxyl groups excluding tert-OH is 1. The zero-order valence-electron chi connectivity index (χ0n) is 19.7. The van der Waals surface area contributed by atoms with Gasteiger partial charge in [0.1, 0.15) is 0 Å². The van der Waals surface area contributed by atoms with Gasteiger partial charge < -0.3 is 24.1 Å². The largest absolute Gasteiger partial charge is 0.503 e. The Morgan fingerprint density at radius 1 is 1.14 bits per heavy atom. The highest BCUT2D eigenvalue weighted by Crippen LogP contribution is 2.41. The van der Waals surface area contributed by atoms with Crippen LogP contribution in [0.15, 0.2) is 58.2 Å². The van der Waals surface area contributed by atoms with Gasteiger partial charge in [-0.05, 0) is 42.9 Å². The van der Waals surface area contributed by atoms with Gasteiger partial charge in [-0.25, -0.2) is 0 Å². The van der Waals surface area contributed by atoms with Crippen LogP contribution in [-0.2, 0) is 4.79 Å². The number of carbonyl (C=O) groups is 2. The second-order valence-electron chi connectivity index (χ2n) is 8.18. The molecule has 9 heteroatoms. The van der Waals surface area contributed by atoms with Crippen molar-refractivity contribution in [1.29, 1.82) is 0 Å². The smallest absolute Gasteiger partial charge is 0.290 e. The Morgan fingerprint density at radius 2 is 1.89 bits per heavy atom. The van der Waals surface area contributed by atoms with Gasteiger partial charge in [-0.2, -0.15) is 0 Å². The third-order valence-electron chi connectivity index (χ3n) is 6.31. The predicted molar refractivity (Wildman–Crippen MR) is 135 cm³/mol. The summed E-state index contributed by atoms with van der Waals surface area (Å²) in [6, 6.07) is 10.9. The number of hydrogen-bond acceptors (Lipinski definition) is 6. The summed E-state index contributed by atoms with van der Waals surface area (Å²) in [5.74, 6) is -1.34. The molecule has 0 saturated heterocycles. The van der Waals surface area contributed by atoms with Crippen molar-refractivity contribution in [1.82, 2.24) is 9.80 Å². The van der Waals surface area contributed by atoms with E-state index in [2.05, 4.69) is 4.90 Å². The molecule has 1 aliphatic rings. The van der Waals surface area contributed by atoms with Gasteiger partial charge in [0.15, 0.2) is 22.9 Å². The van der Waals surface area contributed by atoms with E-state index in [1.807, 2.05) is 13.8 Å². The lowest BCUT2D eigenvalue weighted by Gasteiger charge is -2.29. The molecular formula is C26H26Cl2N2O5. The first kappa shape index (κ1) is 25.1. The van der Waals surface area contributed by atoms with E-state index in [1.54, 1.807) is 42.5 Å². The Hall–Kier alpha value is -3.00. The number of nitrogens with zero attached hydrogens (tertiary/aromatic N) is 2. The minimum Gasteiger partial charge on any atom is -0.503 e. The van der Waals surface area contributed by atoms with Gasteiger partial charge in [0.05, 0.1) is 28.8 Å². The van der Waals surface area contributed by atoms with Crippen LogP contribution < -0.4 is 4.74 Å². The predicted octanol–water partition coefficient (Wildman–Crippen LogP) is 5.67. The van der Waals surface area contributed by atoms with Gasteiger partial charge in [-0.3, -0.25) is 9.59 Å². The van der Waals surface area contributed by atoms with Crippen LogP contribution in [0.4, 0.5) is 0 Å². The van der Waals surface area contributed by atoms with Gasteiger partial charge >= 0.3 is 0 Å². The summed E-state index contributed by atoms with van der Waals surface area (Å²) in [7, 11) is 1.51. The zero-order chi connectivity index (χ0) is 25.3. The lowest BCUT2D eigenvalue weighted by atomic mass is 9.95. The van der Waals surface area contributed by atoms with Crippen LogP contribution in [0.25, 0.3) is 11.0 Å². The molecule has 0 radical (unpaired) electrons. The lowest BCUT2D eigenvalue weighted by Crippen LogP contribution is -2.38. The van der Waals surface area contributed by atoms with Crippen LogP contribution in [0.3, 0.4) is 0 Å². The summed E-state index contributed by atoms with van der Waals surface area (Å²) in [6.07, 6.45) is 0. The SMILES string of the molecule is CCN(CC)CCN1C(=O)C(O)=C(C(=O)c2cc3cccc(OC)c3o2)C1c1ccc(Cl)c(Cl)c1. The lowest BCUT2D eigenvalue weighted by molar-refractivity contribution is -0.129. The maximum Gasteiger partial charge on any atom is 0.290 e. The van der Waals surface area contributed by atoms with Crippen LogP contribution in [0.1, 0.15) is 36.0 Å². The number of halogens is 2. The number of Topliss-reactive ketones (excluding diaryl/α,β-unsaturated/α-hetero) is 1. The number of amides is 1. The second kappa shape index (κ2) is 10.3. The standard InChI is InChI=1S/C26H26Cl2N2O5/c1-4-29(5-2)11-12-30-22(15-9-10-17(27)18(28)13-15)21(24(32)26(30)33)23(31)20-14-16-7-6-8-19(34-3)25(16)35-20/h6-10,13-14,22,32H,4-5,11-12H2,1-3H3. The van der Waals surface area contributed by atoms with Crippen molar-refractivity contribution in [2.24, 2.45) is 0 Å². The van der Waals surface area contributed by atoms with Crippen LogP contribution in [-0.4, -0.2) is 59.9 Å². The number of furan rings is 1. The number of methoxy groups -OCH3 is 1. The third kappa shape index (κ3) is 4.63. The molecule has 4 rings (SSSR count). The molecule has 35 heavy (non-hydrogen) atoms. The summed E-state index contributed by atoms with van der Waals surface area (Å²) < 4.78 is 11.2. The highest BCUT2D eigenvalue weighted by Gasteiger charge is 2.44. The fraction of sp³-hybridized carbons (Fsp3) is 0.308. The summed E-state index contributed by atoms with van der Waals surface area (Å²) in [6.45, 7) is 6.57. The Balaban J connectivity index is 1.79. The molecule has 0 aliphatic carbocycles. The number of para-hydroxylation sites is 1. The zero-order valence-corrected chi connectivity index (χ0v) is 21.2. The molecule has 1 atom stereocenters. The monoisotopic (exact) mass is 516 g/mol. The first-order chi connectivity index (χ1) is 16.8. The molecule has 2 aromatic carbocycles. The van der Waals surface area contributed by atoms with Crippen LogP contribution in [0.5, 0.6) is 5.75 Å². The molecule has 1 unspecified atom stereocenters. The quantitative estimate of drug-likeness (QED) is 0.369. The first-order valence-electron chi connectivity index (χ1n) is 11.3. The number of benzene rings is 2. The van der Waals surface area contributed by atoms with Crippen molar-refractivity contribution in [2.75, 3.05) is 33.3 Å². The number of hydrogen-bond donors (Lipinski definition) is 1. The fourth-order valence-electron chi connectivity index (χ4n) is 4.38. The van der Waals surface area contributed by atoms with Gasteiger partial charge in [-0.15, -0.1) is 0 Å². The van der Waals surface area contributed by atoms with Gasteiger partial charge in [-0.1, -0.05) is 55.2 Å². The van der Waals surface area contributed by atoms with Crippen molar-refractivity contribution in [3.63, 3.8) is 0 Å². The molecule has 0 bridgehead atoms. The Labute approximate surface area is 213 Å². The Kier molecular flexibility index (Phi) is 7.40. The molecule has 1 aromatic heterocycles. The second-order valence-corrected chi connectivity index (χ2v) is 9.00. The summed E-state index contributed by atoms with van der Waals surface area (Å²) in [5, 5.41) is 12.2. The Bertz CT molecular complexity index is 1310. The number of rotatable bonds is 9. The third-order valence-corrected chi connectivity index (χ3v) is 7.05. The molecule has 184 valence electrons. The first-order valence-corrected chi connectivity index (χ1v) is 12.1. The van der Waals surface area contributed by atoms with E-state index >= 15 is 0 Å². The van der Waals surface area contributed by atoms with E-state index in [0.29, 0.717) is 40.4 Å². The van der Waals surface area contributed by atoms with Gasteiger partial charge in [0.2, 0.25) is 5.78 Å². The summed E-state index contributed by atoms with van der Waals surface area (Å²) >= 11 is 12.4. The number of fused-ring (bicyclic) bond motifs is 1. The van der Waals surface area contributed by atoms with Crippen molar-refractivity contribution >= 4 is 45.9 Å². The van der Waals surface area contributed by atoms with E-state index in [-0.39, 0.29) is 16.4 Å². The maximum atomic E-state index is 13.7. The normalized spacial score (nSPS) is 16.1. The molecule has 0 fully saturated rings. The van der Waals surface area contributed by atoms with E-state index in [9.17, 15) is 14.7 Å². The number of aliphatic hydroxyl groups is 1. The average molecular weight is 517 g/mol. The van der Waals surface area contributed by atoms with E-state index < -0.39 is 23.5 Å². The summed E-state index contributed by atoms with van der Waals surface area (Å²) in [5.41, 5.74) is 0.909. The highest BCUT2D eigenvalue weighted by molar-refractivity contribution is 6.42. The van der Waals surface area contributed by atoms with Crippen molar-refractivity contribution in [3.05, 3.63) is 75.2 Å². The number of likely N-dealkylation sites (N-methyl/N-ethyl adjacent to an activating group) is 1. The molecular weight excluding hydrogens is 491 g/mol. The number of ether oxygens (including phenoxy) is 1. The van der Waals surface area contributed by atoms with Gasteiger partial charge in [0, 0.05) is 18.5 Å². The van der Waals surface area contributed by atoms with Crippen LogP contribution in [0, 0.1) is 0 Å². The van der Waals surface area contributed by atoms with Crippen LogP contribution >= 0.6 is 23.2 Å². The molecule has 1 aliphatic heterocycles. The molecule has 0 spiro atoms.